The lowest BCUT2D eigenvalue weighted by Gasteiger charge is -2.19. The van der Waals surface area contributed by atoms with Gasteiger partial charge in [0.1, 0.15) is 11.3 Å². The smallest absolute Gasteiger partial charge is 0.131 e. The van der Waals surface area contributed by atoms with Crippen LogP contribution in [-0.4, -0.2) is 18.3 Å². The molecule has 0 unspecified atom stereocenters. The lowest BCUT2D eigenvalue weighted by Crippen LogP contribution is -2.03. The molecule has 0 aliphatic carbocycles. The van der Waals surface area contributed by atoms with Gasteiger partial charge in [-0.3, -0.25) is 18.3 Å². The first-order valence-electron chi connectivity index (χ1n) is 20.7. The molecule has 0 fully saturated rings. The number of fused-ring (bicyclic) bond motifs is 10. The normalized spacial score (nSPS) is 12.3. The monoisotopic (exact) mass is 762 g/mol. The fourth-order valence-corrected chi connectivity index (χ4v) is 10.7. The lowest BCUT2D eigenvalue weighted by molar-refractivity contribution is 1.07. The van der Waals surface area contributed by atoms with Crippen molar-refractivity contribution < 1.29 is 0 Å². The number of rotatable bonds is 4. The van der Waals surface area contributed by atoms with Gasteiger partial charge in [0.15, 0.2) is 0 Å². The van der Waals surface area contributed by atoms with E-state index in [0.29, 0.717) is 0 Å². The van der Waals surface area contributed by atoms with Crippen molar-refractivity contribution in [1.82, 2.24) is 18.3 Å². The minimum atomic E-state index is 1.15. The summed E-state index contributed by atoms with van der Waals surface area (Å²) >= 11 is 0. The standard InChI is InChI=1S/C56H34N4/c1-3-15-37(16-4-1)57-45-23-11-7-19-39(45)53-41-21-9-13-25-47(41)59(55(53)57)49-33-29-35-28-32-44-50(34-30-36-27-31-43(49)51(35)52(36)44)60-48-26-14-10-22-42(48)54-40-20-8-12-24-46(40)58(56(54)60)38-17-5-2-6-18-38/h1-34H. The fraction of sp³-hybridized carbons (Fsp3) is 0. The average molecular weight is 763 g/mol. The second kappa shape index (κ2) is 11.8. The van der Waals surface area contributed by atoms with E-state index in [4.69, 9.17) is 0 Å². The van der Waals surface area contributed by atoms with Gasteiger partial charge in [0.2, 0.25) is 0 Å². The van der Waals surface area contributed by atoms with E-state index in [-0.39, 0.29) is 0 Å². The van der Waals surface area contributed by atoms with E-state index < -0.39 is 0 Å². The van der Waals surface area contributed by atoms with Crippen LogP contribution in [0.2, 0.25) is 0 Å². The van der Waals surface area contributed by atoms with E-state index in [1.807, 2.05) is 0 Å². The summed E-state index contributed by atoms with van der Waals surface area (Å²) in [4.78, 5) is 0. The molecule has 0 spiro atoms. The van der Waals surface area contributed by atoms with Gasteiger partial charge in [0, 0.05) is 54.5 Å². The molecule has 4 aromatic heterocycles. The Bertz CT molecular complexity index is 3780. The zero-order valence-electron chi connectivity index (χ0n) is 32.4. The molecule has 10 aromatic carbocycles. The van der Waals surface area contributed by atoms with Crippen molar-refractivity contribution in [2.45, 2.75) is 0 Å². The predicted molar refractivity (Wildman–Crippen MR) is 252 cm³/mol. The second-order valence-electron chi connectivity index (χ2n) is 16.1. The first-order valence-corrected chi connectivity index (χ1v) is 20.7. The molecule has 14 rings (SSSR count). The minimum absolute atomic E-state index is 1.15. The number of hydrogen-bond donors (Lipinski definition) is 0. The van der Waals surface area contributed by atoms with E-state index in [2.05, 4.69) is 225 Å². The van der Waals surface area contributed by atoms with Crippen LogP contribution in [0.4, 0.5) is 0 Å². The summed E-state index contributed by atoms with van der Waals surface area (Å²) in [6, 6.07) is 75.9. The third-order valence-electron chi connectivity index (χ3n) is 13.1. The summed E-state index contributed by atoms with van der Waals surface area (Å²) in [6.45, 7) is 0. The number of para-hydroxylation sites is 6. The molecule has 0 aliphatic rings. The molecule has 0 atom stereocenters. The summed E-state index contributed by atoms with van der Waals surface area (Å²) < 4.78 is 9.95. The lowest BCUT2D eigenvalue weighted by atomic mass is 9.92. The van der Waals surface area contributed by atoms with E-state index in [0.717, 1.165) is 11.4 Å². The Morgan fingerprint density at radius 2 is 0.533 bits per heavy atom. The molecule has 0 radical (unpaired) electrons. The van der Waals surface area contributed by atoms with Crippen molar-refractivity contribution in [3.63, 3.8) is 0 Å². The van der Waals surface area contributed by atoms with Gasteiger partial charge in [-0.25, -0.2) is 0 Å². The molecule has 0 N–H and O–H groups in total. The Morgan fingerprint density at radius 1 is 0.217 bits per heavy atom. The maximum absolute atomic E-state index is 2.52. The molecule has 0 amide bonds. The first kappa shape index (κ1) is 31.9. The van der Waals surface area contributed by atoms with Gasteiger partial charge in [-0.1, -0.05) is 146 Å². The highest BCUT2D eigenvalue weighted by molar-refractivity contribution is 6.29. The molecule has 4 nitrogen and oxygen atoms in total. The third kappa shape index (κ3) is 4.04. The largest absolute Gasteiger partial charge is 0.295 e. The van der Waals surface area contributed by atoms with Crippen LogP contribution >= 0.6 is 0 Å². The molecule has 14 aromatic rings. The molecular formula is C56H34N4. The summed E-state index contributed by atoms with van der Waals surface area (Å²) in [7, 11) is 0. The first-order chi connectivity index (χ1) is 29.8. The van der Waals surface area contributed by atoms with Crippen LogP contribution in [0.1, 0.15) is 0 Å². The Balaban J connectivity index is 1.12. The van der Waals surface area contributed by atoms with Crippen LogP contribution in [0, 0.1) is 0 Å². The molecule has 0 bridgehead atoms. The highest BCUT2D eigenvalue weighted by atomic mass is 15.2. The Morgan fingerprint density at radius 3 is 0.917 bits per heavy atom. The van der Waals surface area contributed by atoms with Crippen LogP contribution in [-0.2, 0) is 0 Å². The summed E-state index contributed by atoms with van der Waals surface area (Å²) in [6.07, 6.45) is 0. The number of hydrogen-bond acceptors (Lipinski definition) is 0. The zero-order valence-corrected chi connectivity index (χ0v) is 32.4. The predicted octanol–water partition coefficient (Wildman–Crippen LogP) is 14.7. The Kier molecular flexibility index (Phi) is 6.26. The van der Waals surface area contributed by atoms with Gasteiger partial charge in [0.05, 0.1) is 33.4 Å². The minimum Gasteiger partial charge on any atom is -0.295 e. The molecule has 278 valence electrons. The zero-order chi connectivity index (χ0) is 39.1. The molecule has 0 aliphatic heterocycles. The number of benzene rings is 10. The molecule has 60 heavy (non-hydrogen) atoms. The van der Waals surface area contributed by atoms with E-state index in [1.165, 1.54) is 109 Å². The quantitative estimate of drug-likeness (QED) is 0.159. The number of aromatic nitrogens is 4. The Hall–Kier alpha value is -8.08. The summed E-state index contributed by atoms with van der Waals surface area (Å²) in [5.41, 5.74) is 11.8. The van der Waals surface area contributed by atoms with Crippen molar-refractivity contribution in [2.75, 3.05) is 0 Å². The average Bonchev–Trinajstić information content (AvgIpc) is 4.03. The molecule has 4 heteroatoms. The van der Waals surface area contributed by atoms with Crippen LogP contribution < -0.4 is 0 Å². The molecule has 0 saturated heterocycles. The third-order valence-corrected chi connectivity index (χ3v) is 13.1. The van der Waals surface area contributed by atoms with Crippen molar-refractivity contribution >= 4 is 98.0 Å². The van der Waals surface area contributed by atoms with Crippen LogP contribution in [0.3, 0.4) is 0 Å². The van der Waals surface area contributed by atoms with E-state index in [9.17, 15) is 0 Å². The Labute approximate surface area is 343 Å². The second-order valence-corrected chi connectivity index (χ2v) is 16.1. The summed E-state index contributed by atoms with van der Waals surface area (Å²) in [5.74, 6) is 0. The van der Waals surface area contributed by atoms with E-state index >= 15 is 0 Å². The van der Waals surface area contributed by atoms with Crippen molar-refractivity contribution in [1.29, 1.82) is 0 Å². The highest BCUT2D eigenvalue weighted by Gasteiger charge is 2.26. The van der Waals surface area contributed by atoms with Crippen molar-refractivity contribution in [2.24, 2.45) is 0 Å². The fourth-order valence-electron chi connectivity index (χ4n) is 10.7. The van der Waals surface area contributed by atoms with Gasteiger partial charge >= 0.3 is 0 Å². The van der Waals surface area contributed by atoms with Gasteiger partial charge in [0.25, 0.3) is 0 Å². The molecule has 0 saturated carbocycles. The highest BCUT2D eigenvalue weighted by Crippen LogP contribution is 2.47. The number of nitrogens with zero attached hydrogens (tertiary/aromatic N) is 4. The molecule has 4 heterocycles. The maximum Gasteiger partial charge on any atom is 0.131 e. The van der Waals surface area contributed by atoms with Crippen LogP contribution in [0.15, 0.2) is 206 Å². The van der Waals surface area contributed by atoms with Crippen molar-refractivity contribution in [3.8, 4) is 22.7 Å². The van der Waals surface area contributed by atoms with E-state index in [1.54, 1.807) is 0 Å². The van der Waals surface area contributed by atoms with Crippen LogP contribution in [0.25, 0.3) is 121 Å². The van der Waals surface area contributed by atoms with Gasteiger partial charge in [-0.05, 0) is 82.2 Å². The van der Waals surface area contributed by atoms with Gasteiger partial charge in [-0.2, -0.15) is 0 Å². The van der Waals surface area contributed by atoms with Gasteiger partial charge in [-0.15, -0.1) is 0 Å². The molecular weight excluding hydrogens is 729 g/mol. The van der Waals surface area contributed by atoms with Crippen molar-refractivity contribution in [3.05, 3.63) is 206 Å². The van der Waals surface area contributed by atoms with Gasteiger partial charge < -0.3 is 0 Å². The maximum atomic E-state index is 2.52. The van der Waals surface area contributed by atoms with Crippen LogP contribution in [0.5, 0.6) is 0 Å². The topological polar surface area (TPSA) is 19.7 Å². The summed E-state index contributed by atoms with van der Waals surface area (Å²) in [5, 5.41) is 15.1. The SMILES string of the molecule is c1ccc(-n2c3ccccc3c3c4ccccc4n(-c4ccc5ccc6c(-n7c8ccccc8c8c9ccccc9n(-c9ccccc9)c87)ccc7ccc4c5c76)c32)cc1.